The van der Waals surface area contributed by atoms with Gasteiger partial charge in [-0.05, 0) is 22.3 Å². The molecule has 0 amide bonds. The fourth-order valence-corrected chi connectivity index (χ4v) is 2.84. The van der Waals surface area contributed by atoms with E-state index in [1.165, 1.54) is 0 Å². The standard InChI is InChI=1S/C17H21O6P/c1-21-11-15-5-3-7-17(9-15)13-23-24(19,20)22-12-16-6-2-4-14(8-16)10-18/h2-9,18H,10-13H2,1H3,(H,19,20). The Morgan fingerprint density at radius 2 is 1.33 bits per heavy atom. The van der Waals surface area contributed by atoms with Crippen molar-refractivity contribution in [2.24, 2.45) is 0 Å². The van der Waals surface area contributed by atoms with Crippen LogP contribution in [0.5, 0.6) is 0 Å². The molecule has 0 heterocycles. The number of phosphoric ester groups is 1. The highest BCUT2D eigenvalue weighted by Crippen LogP contribution is 2.45. The lowest BCUT2D eigenvalue weighted by atomic mass is 10.1. The summed E-state index contributed by atoms with van der Waals surface area (Å²) < 4.78 is 27.0. The molecule has 0 radical (unpaired) electrons. The van der Waals surface area contributed by atoms with Gasteiger partial charge in [-0.15, -0.1) is 0 Å². The molecule has 2 N–H and O–H groups in total. The number of hydrogen-bond donors (Lipinski definition) is 2. The molecule has 7 heteroatoms. The summed E-state index contributed by atoms with van der Waals surface area (Å²) in [7, 11) is -2.57. The molecule has 0 spiro atoms. The van der Waals surface area contributed by atoms with Gasteiger partial charge in [0.25, 0.3) is 0 Å². The Morgan fingerprint density at radius 3 is 1.83 bits per heavy atom. The van der Waals surface area contributed by atoms with Crippen molar-refractivity contribution >= 4 is 7.82 Å². The molecule has 1 unspecified atom stereocenters. The van der Waals surface area contributed by atoms with Crippen LogP contribution in [0, 0.1) is 0 Å². The van der Waals surface area contributed by atoms with E-state index in [4.69, 9.17) is 18.9 Å². The summed E-state index contributed by atoms with van der Waals surface area (Å²) >= 11 is 0. The molecular weight excluding hydrogens is 331 g/mol. The van der Waals surface area contributed by atoms with Crippen molar-refractivity contribution in [1.82, 2.24) is 0 Å². The molecule has 2 aromatic carbocycles. The number of methoxy groups -OCH3 is 1. The Balaban J connectivity index is 1.88. The van der Waals surface area contributed by atoms with Crippen molar-refractivity contribution in [2.75, 3.05) is 7.11 Å². The minimum Gasteiger partial charge on any atom is -0.392 e. The quantitative estimate of drug-likeness (QED) is 0.675. The summed E-state index contributed by atoms with van der Waals surface area (Å²) in [5.74, 6) is 0. The first kappa shape index (κ1) is 18.8. The van der Waals surface area contributed by atoms with Crippen molar-refractivity contribution in [3.05, 3.63) is 70.8 Å². The van der Waals surface area contributed by atoms with Crippen LogP contribution in [0.15, 0.2) is 48.5 Å². The van der Waals surface area contributed by atoms with E-state index in [2.05, 4.69) is 0 Å². The van der Waals surface area contributed by atoms with Gasteiger partial charge in [0, 0.05) is 7.11 Å². The molecule has 6 nitrogen and oxygen atoms in total. The summed E-state index contributed by atoms with van der Waals surface area (Å²) in [6.07, 6.45) is 0. The van der Waals surface area contributed by atoms with E-state index < -0.39 is 7.82 Å². The third-order valence-electron chi connectivity index (χ3n) is 3.27. The third kappa shape index (κ3) is 6.17. The molecule has 0 bridgehead atoms. The lowest BCUT2D eigenvalue weighted by Gasteiger charge is -2.13. The van der Waals surface area contributed by atoms with Crippen LogP contribution in [0.4, 0.5) is 0 Å². The smallest absolute Gasteiger partial charge is 0.392 e. The van der Waals surface area contributed by atoms with E-state index in [0.29, 0.717) is 17.7 Å². The van der Waals surface area contributed by atoms with Crippen LogP contribution in [0.3, 0.4) is 0 Å². The second-order valence-corrected chi connectivity index (χ2v) is 6.70. The van der Waals surface area contributed by atoms with Crippen molar-refractivity contribution in [3.8, 4) is 0 Å². The van der Waals surface area contributed by atoms with E-state index in [1.807, 2.05) is 18.2 Å². The SMILES string of the molecule is COCc1cccc(COP(=O)(O)OCc2cccc(CO)c2)c1. The van der Waals surface area contributed by atoms with E-state index >= 15 is 0 Å². The van der Waals surface area contributed by atoms with E-state index in [-0.39, 0.29) is 19.8 Å². The number of phosphoric acid groups is 1. The molecule has 2 aromatic rings. The number of rotatable bonds is 9. The molecule has 0 aliphatic heterocycles. The predicted octanol–water partition coefficient (Wildman–Crippen LogP) is 3.16. The fraction of sp³-hybridized carbons (Fsp3) is 0.294. The van der Waals surface area contributed by atoms with Crippen molar-refractivity contribution < 1.29 is 28.3 Å². The average molecular weight is 352 g/mol. The number of aliphatic hydroxyl groups is 1. The Labute approximate surface area is 141 Å². The molecule has 2 rings (SSSR count). The molecule has 130 valence electrons. The lowest BCUT2D eigenvalue weighted by Crippen LogP contribution is -1.98. The third-order valence-corrected chi connectivity index (χ3v) is 4.18. The molecule has 24 heavy (non-hydrogen) atoms. The maximum atomic E-state index is 12.0. The van der Waals surface area contributed by atoms with Gasteiger partial charge in [-0.1, -0.05) is 48.5 Å². The first-order valence-electron chi connectivity index (χ1n) is 7.40. The van der Waals surface area contributed by atoms with Crippen molar-refractivity contribution in [1.29, 1.82) is 0 Å². The van der Waals surface area contributed by atoms with Gasteiger partial charge >= 0.3 is 7.82 Å². The maximum Gasteiger partial charge on any atom is 0.472 e. The Bertz CT molecular complexity index is 703. The van der Waals surface area contributed by atoms with Crippen LogP contribution < -0.4 is 0 Å². The van der Waals surface area contributed by atoms with Gasteiger partial charge in [-0.25, -0.2) is 4.57 Å². The highest BCUT2D eigenvalue weighted by Gasteiger charge is 2.21. The molecule has 0 saturated carbocycles. The van der Waals surface area contributed by atoms with Crippen LogP contribution in [0.25, 0.3) is 0 Å². The number of benzene rings is 2. The summed E-state index contributed by atoms with van der Waals surface area (Å²) in [4.78, 5) is 9.77. The van der Waals surface area contributed by atoms with Gasteiger partial charge in [0.1, 0.15) is 0 Å². The Hall–Kier alpha value is -1.53. The molecular formula is C17H21O6P. The van der Waals surface area contributed by atoms with E-state index in [0.717, 1.165) is 11.1 Å². The Kier molecular flexibility index (Phi) is 7.12. The van der Waals surface area contributed by atoms with Crippen LogP contribution >= 0.6 is 7.82 Å². The van der Waals surface area contributed by atoms with Gasteiger partial charge < -0.3 is 14.7 Å². The van der Waals surface area contributed by atoms with Gasteiger partial charge in [0.2, 0.25) is 0 Å². The molecule has 1 atom stereocenters. The van der Waals surface area contributed by atoms with Gasteiger partial charge in [-0.3, -0.25) is 9.05 Å². The Morgan fingerprint density at radius 1 is 0.875 bits per heavy atom. The minimum absolute atomic E-state index is 0.0397. The molecule has 0 fully saturated rings. The van der Waals surface area contributed by atoms with Crippen molar-refractivity contribution in [2.45, 2.75) is 26.4 Å². The van der Waals surface area contributed by atoms with Crippen LogP contribution in [0.1, 0.15) is 22.3 Å². The van der Waals surface area contributed by atoms with Gasteiger partial charge in [0.05, 0.1) is 26.4 Å². The summed E-state index contributed by atoms with van der Waals surface area (Å²) in [6, 6.07) is 14.3. The number of aliphatic hydroxyl groups excluding tert-OH is 1. The van der Waals surface area contributed by atoms with Crippen LogP contribution in [-0.4, -0.2) is 17.1 Å². The molecule has 0 saturated heterocycles. The van der Waals surface area contributed by atoms with Crippen molar-refractivity contribution in [3.63, 3.8) is 0 Å². The van der Waals surface area contributed by atoms with Crippen LogP contribution in [-0.2, 0) is 44.8 Å². The zero-order valence-electron chi connectivity index (χ0n) is 13.4. The van der Waals surface area contributed by atoms with Crippen LogP contribution in [0.2, 0.25) is 0 Å². The fourth-order valence-electron chi connectivity index (χ4n) is 2.14. The zero-order chi connectivity index (χ0) is 17.4. The van der Waals surface area contributed by atoms with Gasteiger partial charge in [0.15, 0.2) is 0 Å². The first-order valence-corrected chi connectivity index (χ1v) is 8.89. The zero-order valence-corrected chi connectivity index (χ0v) is 14.3. The topological polar surface area (TPSA) is 85.2 Å². The van der Waals surface area contributed by atoms with E-state index in [9.17, 15) is 9.46 Å². The number of hydrogen-bond acceptors (Lipinski definition) is 5. The van der Waals surface area contributed by atoms with E-state index in [1.54, 1.807) is 37.4 Å². The summed E-state index contributed by atoms with van der Waals surface area (Å²) in [5.41, 5.74) is 3.10. The highest BCUT2D eigenvalue weighted by atomic mass is 31.2. The second kappa shape index (κ2) is 9.08. The molecule has 0 aliphatic carbocycles. The monoisotopic (exact) mass is 352 g/mol. The van der Waals surface area contributed by atoms with Gasteiger partial charge in [-0.2, -0.15) is 0 Å². The highest BCUT2D eigenvalue weighted by molar-refractivity contribution is 7.47. The minimum atomic E-state index is -4.17. The number of ether oxygens (including phenoxy) is 1. The molecule has 0 aromatic heterocycles. The lowest BCUT2D eigenvalue weighted by molar-refractivity contribution is 0.137. The first-order chi connectivity index (χ1) is 11.5. The average Bonchev–Trinajstić information content (AvgIpc) is 2.59. The predicted molar refractivity (Wildman–Crippen MR) is 88.9 cm³/mol. The normalized spacial score (nSPS) is 13.6. The summed E-state index contributed by atoms with van der Waals surface area (Å²) in [6.45, 7) is 0.245. The second-order valence-electron chi connectivity index (χ2n) is 5.25. The molecule has 0 aliphatic rings. The summed E-state index contributed by atoms with van der Waals surface area (Å²) in [5, 5.41) is 9.08. The largest absolute Gasteiger partial charge is 0.472 e. The maximum absolute atomic E-state index is 12.0.